The number of aromatic nitrogens is 2. The Hall–Kier alpha value is -1.31. The van der Waals surface area contributed by atoms with Gasteiger partial charge in [0.1, 0.15) is 5.82 Å². The monoisotopic (exact) mass is 190 g/mol. The molecule has 0 radical (unpaired) electrons. The SMILES string of the molecule is CC.CCCc1nc2ccccc2[nH]1. The summed E-state index contributed by atoms with van der Waals surface area (Å²) in [6.45, 7) is 6.16. The fraction of sp³-hybridized carbons (Fsp3) is 0.417. The van der Waals surface area contributed by atoms with Gasteiger partial charge in [-0.3, -0.25) is 0 Å². The van der Waals surface area contributed by atoms with Gasteiger partial charge in [-0.25, -0.2) is 4.98 Å². The van der Waals surface area contributed by atoms with Crippen molar-refractivity contribution in [3.63, 3.8) is 0 Å². The molecule has 2 heteroatoms. The van der Waals surface area contributed by atoms with Gasteiger partial charge < -0.3 is 4.98 Å². The maximum Gasteiger partial charge on any atom is 0.107 e. The lowest BCUT2D eigenvalue weighted by Crippen LogP contribution is -1.83. The molecule has 0 bridgehead atoms. The second kappa shape index (κ2) is 5.43. The van der Waals surface area contributed by atoms with Crippen molar-refractivity contribution < 1.29 is 0 Å². The average Bonchev–Trinajstić information content (AvgIpc) is 2.63. The molecule has 0 amide bonds. The number of H-pyrrole nitrogens is 1. The zero-order valence-electron chi connectivity index (χ0n) is 9.17. The van der Waals surface area contributed by atoms with Gasteiger partial charge in [0.15, 0.2) is 0 Å². The summed E-state index contributed by atoms with van der Waals surface area (Å²) in [5.41, 5.74) is 2.21. The highest BCUT2D eigenvalue weighted by Crippen LogP contribution is 2.10. The molecule has 1 aromatic heterocycles. The molecule has 0 aliphatic carbocycles. The molecule has 0 saturated carbocycles. The van der Waals surface area contributed by atoms with Crippen LogP contribution in [0.5, 0.6) is 0 Å². The van der Waals surface area contributed by atoms with Crippen LogP contribution in [0.15, 0.2) is 24.3 Å². The molecule has 1 heterocycles. The van der Waals surface area contributed by atoms with Crippen LogP contribution < -0.4 is 0 Å². The van der Waals surface area contributed by atoms with Crippen molar-refractivity contribution in [1.82, 2.24) is 9.97 Å². The lowest BCUT2D eigenvalue weighted by atomic mass is 10.3. The van der Waals surface area contributed by atoms with Gasteiger partial charge in [0.2, 0.25) is 0 Å². The molecule has 0 atom stereocenters. The molecule has 0 aliphatic rings. The van der Waals surface area contributed by atoms with Crippen LogP contribution in [0.25, 0.3) is 11.0 Å². The molecule has 2 aromatic rings. The predicted molar refractivity (Wildman–Crippen MR) is 61.4 cm³/mol. The first-order chi connectivity index (χ1) is 6.90. The molecule has 0 fully saturated rings. The first kappa shape index (κ1) is 10.8. The number of hydrogen-bond donors (Lipinski definition) is 1. The first-order valence-corrected chi connectivity index (χ1v) is 5.34. The number of hydrogen-bond acceptors (Lipinski definition) is 1. The van der Waals surface area contributed by atoms with E-state index >= 15 is 0 Å². The molecule has 0 unspecified atom stereocenters. The number of imidazole rings is 1. The Morgan fingerprint density at radius 3 is 2.57 bits per heavy atom. The Bertz CT molecular complexity index is 343. The Labute approximate surface area is 85.4 Å². The van der Waals surface area contributed by atoms with Crippen LogP contribution >= 0.6 is 0 Å². The summed E-state index contributed by atoms with van der Waals surface area (Å²) in [6, 6.07) is 8.13. The van der Waals surface area contributed by atoms with E-state index in [2.05, 4.69) is 23.0 Å². The number of aromatic amines is 1. The van der Waals surface area contributed by atoms with E-state index in [0.717, 1.165) is 29.7 Å². The van der Waals surface area contributed by atoms with Crippen molar-refractivity contribution in [3.8, 4) is 0 Å². The van der Waals surface area contributed by atoms with Gasteiger partial charge in [-0.05, 0) is 18.6 Å². The summed E-state index contributed by atoms with van der Waals surface area (Å²) >= 11 is 0. The number of fused-ring (bicyclic) bond motifs is 1. The van der Waals surface area contributed by atoms with Crippen molar-refractivity contribution in [1.29, 1.82) is 0 Å². The van der Waals surface area contributed by atoms with Gasteiger partial charge in [0.25, 0.3) is 0 Å². The summed E-state index contributed by atoms with van der Waals surface area (Å²) in [7, 11) is 0. The summed E-state index contributed by atoms with van der Waals surface area (Å²) in [6.07, 6.45) is 2.18. The quantitative estimate of drug-likeness (QED) is 0.771. The van der Waals surface area contributed by atoms with E-state index in [1.807, 2.05) is 32.0 Å². The number of nitrogens with zero attached hydrogens (tertiary/aromatic N) is 1. The molecular formula is C12H18N2. The minimum atomic E-state index is 1.04. The molecule has 1 N–H and O–H groups in total. The van der Waals surface area contributed by atoms with Crippen LogP contribution in [0.2, 0.25) is 0 Å². The van der Waals surface area contributed by atoms with Gasteiger partial charge in [0.05, 0.1) is 11.0 Å². The van der Waals surface area contributed by atoms with Crippen LogP contribution in [0, 0.1) is 0 Å². The van der Waals surface area contributed by atoms with Crippen molar-refractivity contribution in [3.05, 3.63) is 30.1 Å². The van der Waals surface area contributed by atoms with Crippen LogP contribution in [-0.4, -0.2) is 9.97 Å². The van der Waals surface area contributed by atoms with E-state index in [1.165, 1.54) is 0 Å². The van der Waals surface area contributed by atoms with Crippen molar-refractivity contribution in [2.45, 2.75) is 33.6 Å². The van der Waals surface area contributed by atoms with Gasteiger partial charge >= 0.3 is 0 Å². The number of nitrogens with one attached hydrogen (secondary N) is 1. The van der Waals surface area contributed by atoms with E-state index in [1.54, 1.807) is 0 Å². The molecule has 2 rings (SSSR count). The number of para-hydroxylation sites is 2. The lowest BCUT2D eigenvalue weighted by Gasteiger charge is -1.86. The smallest absolute Gasteiger partial charge is 0.107 e. The van der Waals surface area contributed by atoms with Gasteiger partial charge in [-0.1, -0.05) is 32.9 Å². The van der Waals surface area contributed by atoms with E-state index in [9.17, 15) is 0 Å². The highest BCUT2D eigenvalue weighted by atomic mass is 14.9. The largest absolute Gasteiger partial charge is 0.342 e. The fourth-order valence-electron chi connectivity index (χ4n) is 1.36. The van der Waals surface area contributed by atoms with E-state index in [0.29, 0.717) is 0 Å². The maximum absolute atomic E-state index is 4.45. The molecule has 2 nitrogen and oxygen atoms in total. The van der Waals surface area contributed by atoms with Crippen LogP contribution in [0.3, 0.4) is 0 Å². The second-order valence-electron chi connectivity index (χ2n) is 2.95. The van der Waals surface area contributed by atoms with Crippen LogP contribution in [-0.2, 0) is 6.42 Å². The topological polar surface area (TPSA) is 28.7 Å². The summed E-state index contributed by atoms with van der Waals surface area (Å²) in [5.74, 6) is 1.10. The third-order valence-corrected chi connectivity index (χ3v) is 1.93. The minimum Gasteiger partial charge on any atom is -0.342 e. The maximum atomic E-state index is 4.45. The number of rotatable bonds is 2. The molecule has 0 aliphatic heterocycles. The van der Waals surface area contributed by atoms with E-state index in [4.69, 9.17) is 0 Å². The van der Waals surface area contributed by atoms with Gasteiger partial charge in [-0.15, -0.1) is 0 Å². The van der Waals surface area contributed by atoms with E-state index in [-0.39, 0.29) is 0 Å². The molecule has 1 aromatic carbocycles. The van der Waals surface area contributed by atoms with Crippen molar-refractivity contribution in [2.24, 2.45) is 0 Å². The standard InChI is InChI=1S/C10H12N2.C2H6/c1-2-5-10-11-8-6-3-4-7-9(8)12-10;1-2/h3-4,6-7H,2,5H2,1H3,(H,11,12);1-2H3. The third-order valence-electron chi connectivity index (χ3n) is 1.93. The normalized spacial score (nSPS) is 9.64. The highest BCUT2D eigenvalue weighted by Gasteiger charge is 1.98. The third kappa shape index (κ3) is 2.34. The molecule has 14 heavy (non-hydrogen) atoms. The fourth-order valence-corrected chi connectivity index (χ4v) is 1.36. The van der Waals surface area contributed by atoms with Crippen molar-refractivity contribution in [2.75, 3.05) is 0 Å². The first-order valence-electron chi connectivity index (χ1n) is 5.34. The van der Waals surface area contributed by atoms with Crippen LogP contribution in [0.4, 0.5) is 0 Å². The molecule has 0 spiro atoms. The Kier molecular flexibility index (Phi) is 4.17. The average molecular weight is 190 g/mol. The predicted octanol–water partition coefficient (Wildman–Crippen LogP) is 3.54. The van der Waals surface area contributed by atoms with E-state index < -0.39 is 0 Å². The molecule has 0 saturated heterocycles. The van der Waals surface area contributed by atoms with Crippen molar-refractivity contribution >= 4 is 11.0 Å². The lowest BCUT2D eigenvalue weighted by molar-refractivity contribution is 0.861. The Balaban J connectivity index is 0.000000461. The number of benzene rings is 1. The zero-order valence-corrected chi connectivity index (χ0v) is 9.17. The van der Waals surface area contributed by atoms with Crippen LogP contribution in [0.1, 0.15) is 33.0 Å². The Morgan fingerprint density at radius 1 is 1.21 bits per heavy atom. The highest BCUT2D eigenvalue weighted by molar-refractivity contribution is 5.74. The zero-order chi connectivity index (χ0) is 10.4. The van der Waals surface area contributed by atoms with Gasteiger partial charge in [-0.2, -0.15) is 0 Å². The molecule has 76 valence electrons. The Morgan fingerprint density at radius 2 is 1.93 bits per heavy atom. The summed E-state index contributed by atoms with van der Waals surface area (Å²) < 4.78 is 0. The minimum absolute atomic E-state index is 1.04. The number of aryl methyl sites for hydroxylation is 1. The summed E-state index contributed by atoms with van der Waals surface area (Å²) in [5, 5.41) is 0. The second-order valence-corrected chi connectivity index (χ2v) is 2.95. The summed E-state index contributed by atoms with van der Waals surface area (Å²) in [4.78, 5) is 7.73. The van der Waals surface area contributed by atoms with Gasteiger partial charge in [0, 0.05) is 6.42 Å². The molecular weight excluding hydrogens is 172 g/mol.